The van der Waals surface area contributed by atoms with Gasteiger partial charge in [-0.05, 0) is 41.5 Å². The van der Waals surface area contributed by atoms with Crippen LogP contribution in [0.2, 0.25) is 0 Å². The average Bonchev–Trinajstić information content (AvgIpc) is 2.59. The number of benzene rings is 2. The predicted molar refractivity (Wildman–Crippen MR) is 84.1 cm³/mol. The molecule has 0 spiro atoms. The van der Waals surface area contributed by atoms with Crippen LogP contribution < -0.4 is 4.74 Å². The molecule has 2 aromatic carbocycles. The van der Waals surface area contributed by atoms with Crippen LogP contribution in [0.1, 0.15) is 11.1 Å². The summed E-state index contributed by atoms with van der Waals surface area (Å²) in [6.45, 7) is -0.0264. The van der Waals surface area contributed by atoms with Crippen molar-refractivity contribution >= 4 is 17.3 Å². The quantitative estimate of drug-likeness (QED) is 0.364. The summed E-state index contributed by atoms with van der Waals surface area (Å²) in [6.07, 6.45) is 1.68. The Bertz CT molecular complexity index is 810. The van der Waals surface area contributed by atoms with Crippen molar-refractivity contribution in [2.75, 3.05) is 6.61 Å². The zero-order valence-corrected chi connectivity index (χ0v) is 12.0. The van der Waals surface area contributed by atoms with Crippen molar-refractivity contribution in [2.24, 2.45) is 0 Å². The summed E-state index contributed by atoms with van der Waals surface area (Å²) in [5, 5.41) is 28.4. The van der Waals surface area contributed by atoms with E-state index < -0.39 is 4.92 Å². The predicted octanol–water partition coefficient (Wildman–Crippen LogP) is 3.56. The van der Waals surface area contributed by atoms with Crippen molar-refractivity contribution in [3.8, 4) is 17.9 Å². The number of non-ortho nitro benzene ring substituents is 1. The largest absolute Gasteiger partial charge is 0.479 e. The van der Waals surface area contributed by atoms with Gasteiger partial charge in [0.15, 0.2) is 6.61 Å². The Morgan fingerprint density at radius 3 is 2.30 bits per heavy atom. The number of hydrogen-bond donors (Lipinski definition) is 0. The fourth-order valence-electron chi connectivity index (χ4n) is 1.89. The van der Waals surface area contributed by atoms with Crippen LogP contribution in [0.25, 0.3) is 11.6 Å². The number of nitro groups is 1. The Kier molecular flexibility index (Phi) is 5.06. The second-order valence-electron chi connectivity index (χ2n) is 4.49. The van der Waals surface area contributed by atoms with E-state index >= 15 is 0 Å². The molecule has 0 heterocycles. The topological polar surface area (TPSA) is 99.9 Å². The summed E-state index contributed by atoms with van der Waals surface area (Å²) in [5.74, 6) is 0.567. The minimum Gasteiger partial charge on any atom is -0.479 e. The first-order valence-electron chi connectivity index (χ1n) is 6.60. The second-order valence-corrected chi connectivity index (χ2v) is 4.49. The second kappa shape index (κ2) is 7.39. The molecule has 0 aliphatic heterocycles. The van der Waals surface area contributed by atoms with E-state index in [1.54, 1.807) is 30.3 Å². The normalized spacial score (nSPS) is 10.4. The van der Waals surface area contributed by atoms with E-state index in [2.05, 4.69) is 6.07 Å². The molecule has 0 N–H and O–H groups in total. The molecule has 0 aliphatic rings. The molecular weight excluding hydrogens is 294 g/mol. The van der Waals surface area contributed by atoms with Gasteiger partial charge in [-0.15, -0.1) is 0 Å². The molecule has 112 valence electrons. The average molecular weight is 305 g/mol. The molecule has 6 nitrogen and oxygen atoms in total. The summed E-state index contributed by atoms with van der Waals surface area (Å²) in [6, 6.07) is 16.7. The van der Waals surface area contributed by atoms with Crippen LogP contribution in [-0.2, 0) is 0 Å². The number of nitrogens with zero attached hydrogens (tertiary/aromatic N) is 3. The molecule has 0 atom stereocenters. The van der Waals surface area contributed by atoms with Gasteiger partial charge >= 0.3 is 0 Å². The van der Waals surface area contributed by atoms with Gasteiger partial charge in [0, 0.05) is 12.1 Å². The number of ether oxygens (including phenoxy) is 1. The maximum atomic E-state index is 10.6. The highest BCUT2D eigenvalue weighted by molar-refractivity contribution is 5.89. The van der Waals surface area contributed by atoms with Crippen LogP contribution >= 0.6 is 0 Å². The number of nitro benzene ring substituents is 1. The zero-order chi connectivity index (χ0) is 16.7. The minimum atomic E-state index is -0.487. The van der Waals surface area contributed by atoms with Crippen molar-refractivity contribution < 1.29 is 9.66 Å². The number of allylic oxidation sites excluding steroid dienone is 1. The van der Waals surface area contributed by atoms with Crippen LogP contribution in [-0.4, -0.2) is 11.5 Å². The highest BCUT2D eigenvalue weighted by Gasteiger charge is 2.07. The number of nitriles is 2. The molecule has 0 fully saturated rings. The fraction of sp³-hybridized carbons (Fsp3) is 0.0588. The number of rotatable bonds is 5. The van der Waals surface area contributed by atoms with Crippen LogP contribution in [0.3, 0.4) is 0 Å². The van der Waals surface area contributed by atoms with Crippen molar-refractivity contribution in [1.29, 1.82) is 10.5 Å². The van der Waals surface area contributed by atoms with E-state index in [9.17, 15) is 15.4 Å². The van der Waals surface area contributed by atoms with Crippen molar-refractivity contribution in [2.45, 2.75) is 0 Å². The Balaban J connectivity index is 2.23. The Hall–Kier alpha value is -3.64. The van der Waals surface area contributed by atoms with E-state index in [4.69, 9.17) is 10.00 Å². The summed E-state index contributed by atoms with van der Waals surface area (Å²) in [4.78, 5) is 10.2. The standard InChI is InChI=1S/C17H11N3O3/c18-9-10-23-17-7-1-13(2-8-17)11-15(12-19)14-3-5-16(6-4-14)20(21)22/h1-8,11H,10H2/b15-11+. The first-order chi connectivity index (χ1) is 11.1. The lowest BCUT2D eigenvalue weighted by Crippen LogP contribution is -1.92. The molecule has 0 bridgehead atoms. The van der Waals surface area contributed by atoms with Crippen LogP contribution in [0.15, 0.2) is 48.5 Å². The van der Waals surface area contributed by atoms with Gasteiger partial charge in [0.25, 0.3) is 5.69 Å². The van der Waals surface area contributed by atoms with Crippen molar-refractivity contribution in [1.82, 2.24) is 0 Å². The Labute approximate surface area is 132 Å². The highest BCUT2D eigenvalue weighted by atomic mass is 16.6. The van der Waals surface area contributed by atoms with E-state index in [0.29, 0.717) is 16.9 Å². The Morgan fingerprint density at radius 2 is 1.78 bits per heavy atom. The monoisotopic (exact) mass is 305 g/mol. The third kappa shape index (κ3) is 4.16. The van der Waals surface area contributed by atoms with Gasteiger partial charge in [0.1, 0.15) is 11.8 Å². The smallest absolute Gasteiger partial charge is 0.269 e. The van der Waals surface area contributed by atoms with Crippen molar-refractivity contribution in [3.05, 3.63) is 69.8 Å². The molecule has 0 aliphatic carbocycles. The maximum Gasteiger partial charge on any atom is 0.269 e. The first-order valence-corrected chi connectivity index (χ1v) is 6.60. The summed E-state index contributed by atoms with van der Waals surface area (Å²) in [7, 11) is 0. The summed E-state index contributed by atoms with van der Waals surface area (Å²) in [5.41, 5.74) is 1.75. The van der Waals surface area contributed by atoms with Gasteiger partial charge in [-0.1, -0.05) is 12.1 Å². The van der Waals surface area contributed by atoms with Crippen LogP contribution in [0.4, 0.5) is 5.69 Å². The van der Waals surface area contributed by atoms with E-state index in [0.717, 1.165) is 5.56 Å². The molecule has 0 saturated heterocycles. The van der Waals surface area contributed by atoms with E-state index in [-0.39, 0.29) is 12.3 Å². The molecule has 0 radical (unpaired) electrons. The van der Waals surface area contributed by atoms with Crippen molar-refractivity contribution in [3.63, 3.8) is 0 Å². The minimum absolute atomic E-state index is 0.0231. The molecule has 0 aromatic heterocycles. The van der Waals surface area contributed by atoms with Gasteiger partial charge in [-0.2, -0.15) is 10.5 Å². The molecule has 6 heteroatoms. The molecular formula is C17H11N3O3. The first kappa shape index (κ1) is 15.7. The lowest BCUT2D eigenvalue weighted by molar-refractivity contribution is -0.384. The lowest BCUT2D eigenvalue weighted by atomic mass is 10.0. The molecule has 2 rings (SSSR count). The van der Waals surface area contributed by atoms with Gasteiger partial charge in [0.2, 0.25) is 0 Å². The van der Waals surface area contributed by atoms with E-state index in [1.807, 2.05) is 6.07 Å². The van der Waals surface area contributed by atoms with E-state index in [1.165, 1.54) is 24.3 Å². The van der Waals surface area contributed by atoms with Gasteiger partial charge in [-0.3, -0.25) is 10.1 Å². The molecule has 0 unspecified atom stereocenters. The van der Waals surface area contributed by atoms with Gasteiger partial charge < -0.3 is 4.74 Å². The van der Waals surface area contributed by atoms with Crippen LogP contribution in [0, 0.1) is 32.8 Å². The zero-order valence-electron chi connectivity index (χ0n) is 12.0. The molecule has 2 aromatic rings. The molecule has 0 saturated carbocycles. The third-order valence-corrected chi connectivity index (χ3v) is 3.00. The maximum absolute atomic E-state index is 10.6. The van der Waals surface area contributed by atoms with Gasteiger partial charge in [-0.25, -0.2) is 0 Å². The molecule has 23 heavy (non-hydrogen) atoms. The van der Waals surface area contributed by atoms with Crippen LogP contribution in [0.5, 0.6) is 5.75 Å². The van der Waals surface area contributed by atoms with Gasteiger partial charge in [0.05, 0.1) is 16.6 Å². The Morgan fingerprint density at radius 1 is 1.13 bits per heavy atom. The third-order valence-electron chi connectivity index (χ3n) is 3.00. The summed E-state index contributed by atoms with van der Waals surface area (Å²) < 4.78 is 5.15. The number of hydrogen-bond acceptors (Lipinski definition) is 5. The SMILES string of the molecule is N#CCOc1ccc(/C=C(\C#N)c2ccc([N+](=O)[O-])cc2)cc1. The summed E-state index contributed by atoms with van der Waals surface area (Å²) >= 11 is 0. The fourth-order valence-corrected chi connectivity index (χ4v) is 1.89. The highest BCUT2D eigenvalue weighted by Crippen LogP contribution is 2.22. The molecule has 0 amide bonds. The lowest BCUT2D eigenvalue weighted by Gasteiger charge is -2.03.